The molecule has 0 unspecified atom stereocenters. The molecule has 0 aromatic carbocycles. The number of thiol groups is 1. The minimum atomic E-state index is -0.123. The van der Waals surface area contributed by atoms with Crippen LogP contribution in [0.4, 0.5) is 0 Å². The molecule has 0 atom stereocenters. The maximum absolute atomic E-state index is 5.33. The van der Waals surface area contributed by atoms with Crippen molar-refractivity contribution in [3.63, 3.8) is 0 Å². The quantitative estimate of drug-likeness (QED) is 0.776. The van der Waals surface area contributed by atoms with E-state index in [1.54, 1.807) is 7.11 Å². The molecular formula is C11H17NOS. The normalized spacial score (nSPS) is 16.6. The molecule has 1 aliphatic carbocycles. The lowest BCUT2D eigenvalue weighted by Gasteiger charge is -2.17. The molecule has 2 nitrogen and oxygen atoms in total. The van der Waals surface area contributed by atoms with E-state index in [9.17, 15) is 0 Å². The molecule has 0 radical (unpaired) electrons. The number of pyridine rings is 1. The number of rotatable bonds is 3. The number of nitrogens with zero attached hydrogens (tertiary/aromatic N) is 1. The second-order valence-electron chi connectivity index (χ2n) is 3.93. The molecule has 14 heavy (non-hydrogen) atoms. The highest BCUT2D eigenvalue weighted by molar-refractivity contribution is 8.16. The van der Waals surface area contributed by atoms with Gasteiger partial charge >= 0.3 is 0 Å². The first kappa shape index (κ1) is 9.84. The number of hydrogen-bond donors (Lipinski definition) is 1. The Morgan fingerprint density at radius 2 is 2.14 bits per heavy atom. The third kappa shape index (κ3) is 1.73. The van der Waals surface area contributed by atoms with Crippen molar-refractivity contribution in [3.05, 3.63) is 17.8 Å². The highest BCUT2D eigenvalue weighted by atomic mass is 32.2. The van der Waals surface area contributed by atoms with Crippen LogP contribution in [-0.4, -0.2) is 24.6 Å². The van der Waals surface area contributed by atoms with E-state index in [1.165, 1.54) is 23.3 Å². The summed E-state index contributed by atoms with van der Waals surface area (Å²) < 4.78 is 5.33. The molecule has 1 heterocycles. The molecule has 3 heteroatoms. The SMILES string of the molecule is COc1nccc(C2CC2)c1[SH](C)C. The van der Waals surface area contributed by atoms with Gasteiger partial charge in [0.1, 0.15) is 0 Å². The van der Waals surface area contributed by atoms with Gasteiger partial charge in [-0.15, -0.1) is 0 Å². The molecular weight excluding hydrogens is 194 g/mol. The van der Waals surface area contributed by atoms with Crippen molar-refractivity contribution in [3.8, 4) is 5.88 Å². The van der Waals surface area contributed by atoms with Crippen LogP contribution in [0.5, 0.6) is 5.88 Å². The number of hydrogen-bond acceptors (Lipinski definition) is 2. The molecule has 0 amide bonds. The van der Waals surface area contributed by atoms with Crippen LogP contribution in [0.15, 0.2) is 17.2 Å². The van der Waals surface area contributed by atoms with Gasteiger partial charge in [0.2, 0.25) is 5.88 Å². The van der Waals surface area contributed by atoms with E-state index in [0.717, 1.165) is 11.8 Å². The molecule has 78 valence electrons. The summed E-state index contributed by atoms with van der Waals surface area (Å²) in [6, 6.07) is 2.16. The van der Waals surface area contributed by atoms with Crippen molar-refractivity contribution in [2.45, 2.75) is 23.7 Å². The van der Waals surface area contributed by atoms with E-state index >= 15 is 0 Å². The van der Waals surface area contributed by atoms with Crippen LogP contribution < -0.4 is 4.74 Å². The molecule has 0 spiro atoms. The van der Waals surface area contributed by atoms with E-state index in [-0.39, 0.29) is 10.9 Å². The van der Waals surface area contributed by atoms with Gasteiger partial charge in [-0.1, -0.05) is 0 Å². The Bertz CT molecular complexity index is 334. The minimum absolute atomic E-state index is 0.123. The monoisotopic (exact) mass is 211 g/mol. The first-order chi connectivity index (χ1) is 6.74. The maximum Gasteiger partial charge on any atom is 0.225 e. The van der Waals surface area contributed by atoms with Gasteiger partial charge in [-0.25, -0.2) is 15.9 Å². The zero-order valence-corrected chi connectivity index (χ0v) is 9.84. The van der Waals surface area contributed by atoms with E-state index in [4.69, 9.17) is 4.74 Å². The number of aromatic nitrogens is 1. The van der Waals surface area contributed by atoms with Crippen LogP contribution in [0.25, 0.3) is 0 Å². The van der Waals surface area contributed by atoms with Crippen molar-refractivity contribution in [1.29, 1.82) is 0 Å². The Morgan fingerprint density at radius 1 is 1.43 bits per heavy atom. The summed E-state index contributed by atoms with van der Waals surface area (Å²) in [5, 5.41) is 0. The summed E-state index contributed by atoms with van der Waals surface area (Å²) >= 11 is 0. The van der Waals surface area contributed by atoms with E-state index < -0.39 is 0 Å². The smallest absolute Gasteiger partial charge is 0.225 e. The average molecular weight is 211 g/mol. The molecule has 0 aliphatic heterocycles. The highest BCUT2D eigenvalue weighted by Crippen LogP contribution is 2.48. The Kier molecular flexibility index (Phi) is 2.68. The third-order valence-electron chi connectivity index (χ3n) is 2.58. The Labute approximate surface area is 88.0 Å². The molecule has 0 bridgehead atoms. The first-order valence-electron chi connectivity index (χ1n) is 4.94. The first-order valence-corrected chi connectivity index (χ1v) is 7.18. The summed E-state index contributed by atoms with van der Waals surface area (Å²) in [7, 11) is 1.59. The third-order valence-corrected chi connectivity index (χ3v) is 3.92. The largest absolute Gasteiger partial charge is 0.480 e. The number of ether oxygens (including phenoxy) is 1. The van der Waals surface area contributed by atoms with Crippen molar-refractivity contribution < 1.29 is 4.74 Å². The van der Waals surface area contributed by atoms with Gasteiger partial charge in [-0.05, 0) is 42.9 Å². The predicted molar refractivity (Wildman–Crippen MR) is 61.9 cm³/mol. The van der Waals surface area contributed by atoms with Crippen molar-refractivity contribution >= 4 is 10.9 Å². The van der Waals surface area contributed by atoms with E-state index in [2.05, 4.69) is 23.6 Å². The van der Waals surface area contributed by atoms with Gasteiger partial charge < -0.3 is 4.74 Å². The van der Waals surface area contributed by atoms with Crippen molar-refractivity contribution in [2.75, 3.05) is 19.6 Å². The van der Waals surface area contributed by atoms with Gasteiger partial charge in [0.25, 0.3) is 0 Å². The maximum atomic E-state index is 5.33. The fourth-order valence-electron chi connectivity index (χ4n) is 1.77. The van der Waals surface area contributed by atoms with Gasteiger partial charge in [-0.2, -0.15) is 0 Å². The Hall–Kier alpha value is -0.700. The van der Waals surface area contributed by atoms with Crippen LogP contribution in [0.1, 0.15) is 24.3 Å². The lowest BCUT2D eigenvalue weighted by atomic mass is 10.2. The van der Waals surface area contributed by atoms with Crippen LogP contribution in [0.2, 0.25) is 0 Å². The zero-order chi connectivity index (χ0) is 10.1. The van der Waals surface area contributed by atoms with E-state index in [0.29, 0.717) is 0 Å². The van der Waals surface area contributed by atoms with Gasteiger partial charge in [0, 0.05) is 6.20 Å². The van der Waals surface area contributed by atoms with Gasteiger partial charge in [0.15, 0.2) is 0 Å². The summed E-state index contributed by atoms with van der Waals surface area (Å²) in [6.45, 7) is 0. The lowest BCUT2D eigenvalue weighted by Crippen LogP contribution is -1.96. The van der Waals surface area contributed by atoms with Crippen molar-refractivity contribution in [1.82, 2.24) is 4.98 Å². The molecule has 1 aromatic rings. The average Bonchev–Trinajstić information content (AvgIpc) is 2.99. The topological polar surface area (TPSA) is 22.1 Å². The summed E-state index contributed by atoms with van der Waals surface area (Å²) in [5.41, 5.74) is 1.48. The Morgan fingerprint density at radius 3 is 2.64 bits per heavy atom. The van der Waals surface area contributed by atoms with Crippen LogP contribution in [-0.2, 0) is 0 Å². The molecule has 1 aliphatic rings. The Balaban J connectivity index is 2.46. The lowest BCUT2D eigenvalue weighted by molar-refractivity contribution is 0.386. The molecule has 0 N–H and O–H groups in total. The molecule has 1 saturated carbocycles. The van der Waals surface area contributed by atoms with Crippen LogP contribution >= 0.6 is 10.9 Å². The number of methoxy groups -OCH3 is 1. The van der Waals surface area contributed by atoms with E-state index in [1.807, 2.05) is 6.20 Å². The molecule has 1 aromatic heterocycles. The van der Waals surface area contributed by atoms with Crippen molar-refractivity contribution in [2.24, 2.45) is 0 Å². The molecule has 2 rings (SSSR count). The van der Waals surface area contributed by atoms with Crippen LogP contribution in [0.3, 0.4) is 0 Å². The summed E-state index contributed by atoms with van der Waals surface area (Å²) in [4.78, 5) is 5.65. The zero-order valence-electron chi connectivity index (χ0n) is 8.95. The van der Waals surface area contributed by atoms with Gasteiger partial charge in [0.05, 0.1) is 12.0 Å². The van der Waals surface area contributed by atoms with Gasteiger partial charge in [-0.3, -0.25) is 0 Å². The molecule has 1 fully saturated rings. The summed E-state index contributed by atoms with van der Waals surface area (Å²) in [5.74, 6) is 1.62. The standard InChI is InChI=1S/C11H17NOS/c1-13-11-10(14(2)3)9(6-7-12-11)8-4-5-8/h6-8,14H,4-5H2,1-3H3. The predicted octanol–water partition coefficient (Wildman–Crippen LogP) is 2.59. The second-order valence-corrected chi connectivity index (χ2v) is 6.16. The minimum Gasteiger partial charge on any atom is -0.480 e. The highest BCUT2D eigenvalue weighted by Gasteiger charge is 2.28. The van der Waals surface area contributed by atoms with Crippen LogP contribution in [0, 0.1) is 0 Å². The summed E-state index contributed by atoms with van der Waals surface area (Å²) in [6.07, 6.45) is 9.07. The fourth-order valence-corrected chi connectivity index (χ4v) is 3.08. The molecule has 0 saturated heterocycles. The second kappa shape index (κ2) is 3.81. The fraction of sp³-hybridized carbons (Fsp3) is 0.545.